The van der Waals surface area contributed by atoms with Crippen molar-refractivity contribution in [3.63, 3.8) is 0 Å². The summed E-state index contributed by atoms with van der Waals surface area (Å²) in [5.74, 6) is 0. The Balaban J connectivity index is 2.57. The van der Waals surface area contributed by atoms with Crippen LogP contribution in [0.2, 0.25) is 0 Å². The first kappa shape index (κ1) is 11.1. The molecule has 0 saturated carbocycles. The van der Waals surface area contributed by atoms with Gasteiger partial charge in [-0.25, -0.2) is 0 Å². The second kappa shape index (κ2) is 4.61. The van der Waals surface area contributed by atoms with E-state index in [-0.39, 0.29) is 0 Å². The molecular formula is C12H11BrN2O. The van der Waals surface area contributed by atoms with Gasteiger partial charge in [-0.2, -0.15) is 5.10 Å². The molecule has 0 spiro atoms. The number of hydrogen-bond donors (Lipinski definition) is 0. The zero-order chi connectivity index (χ0) is 11.5. The summed E-state index contributed by atoms with van der Waals surface area (Å²) in [5.41, 5.74) is 2.51. The molecule has 2 aromatic rings. The maximum atomic E-state index is 10.9. The number of rotatable bonds is 3. The number of aryl methyl sites for hydroxylation is 1. The van der Waals surface area contributed by atoms with E-state index in [1.54, 1.807) is 6.20 Å². The summed E-state index contributed by atoms with van der Waals surface area (Å²) in [5, 5.41) is 4.18. The average Bonchev–Trinajstić information content (AvgIpc) is 2.73. The number of aromatic nitrogens is 2. The van der Waals surface area contributed by atoms with E-state index in [1.807, 2.05) is 35.9 Å². The fraction of sp³-hybridized carbons (Fsp3) is 0.167. The molecule has 0 unspecified atom stereocenters. The normalized spacial score (nSPS) is 10.4. The van der Waals surface area contributed by atoms with Gasteiger partial charge in [0, 0.05) is 16.6 Å². The molecule has 2 rings (SSSR count). The molecule has 0 radical (unpaired) electrons. The van der Waals surface area contributed by atoms with Crippen LogP contribution in [0.25, 0.3) is 11.3 Å². The number of nitrogens with zero attached hydrogens (tertiary/aromatic N) is 2. The van der Waals surface area contributed by atoms with Gasteiger partial charge in [0.2, 0.25) is 0 Å². The van der Waals surface area contributed by atoms with Gasteiger partial charge >= 0.3 is 0 Å². The SMILES string of the molecule is CCn1ncc(C=O)c1-c1ccc(Br)cc1. The highest BCUT2D eigenvalue weighted by Crippen LogP contribution is 2.24. The van der Waals surface area contributed by atoms with E-state index in [0.717, 1.165) is 28.6 Å². The minimum absolute atomic E-state index is 0.629. The summed E-state index contributed by atoms with van der Waals surface area (Å²) in [6.07, 6.45) is 2.45. The molecular weight excluding hydrogens is 268 g/mol. The summed E-state index contributed by atoms with van der Waals surface area (Å²) in [4.78, 5) is 10.9. The van der Waals surface area contributed by atoms with Crippen LogP contribution >= 0.6 is 15.9 Å². The van der Waals surface area contributed by atoms with Gasteiger partial charge in [0.05, 0.1) is 17.5 Å². The summed E-state index contributed by atoms with van der Waals surface area (Å²) >= 11 is 3.39. The van der Waals surface area contributed by atoms with E-state index >= 15 is 0 Å². The fourth-order valence-electron chi connectivity index (χ4n) is 1.65. The molecule has 16 heavy (non-hydrogen) atoms. The first-order chi connectivity index (χ1) is 7.76. The minimum Gasteiger partial charge on any atom is -0.298 e. The molecule has 0 fully saturated rings. The van der Waals surface area contributed by atoms with Crippen molar-refractivity contribution in [3.05, 3.63) is 40.5 Å². The number of carbonyl (C=O) groups excluding carboxylic acids is 1. The quantitative estimate of drug-likeness (QED) is 0.809. The van der Waals surface area contributed by atoms with Crippen molar-refractivity contribution in [1.82, 2.24) is 9.78 Å². The predicted octanol–water partition coefficient (Wildman–Crippen LogP) is 3.15. The number of hydrogen-bond acceptors (Lipinski definition) is 2. The molecule has 0 N–H and O–H groups in total. The molecule has 0 bridgehead atoms. The van der Waals surface area contributed by atoms with Gasteiger partial charge in [-0.1, -0.05) is 28.1 Å². The first-order valence-electron chi connectivity index (χ1n) is 5.03. The van der Waals surface area contributed by atoms with Gasteiger partial charge in [-0.15, -0.1) is 0 Å². The van der Waals surface area contributed by atoms with Crippen molar-refractivity contribution in [2.45, 2.75) is 13.5 Å². The highest BCUT2D eigenvalue weighted by molar-refractivity contribution is 9.10. The van der Waals surface area contributed by atoms with Crippen LogP contribution in [0.4, 0.5) is 0 Å². The fourth-order valence-corrected chi connectivity index (χ4v) is 1.91. The van der Waals surface area contributed by atoms with Crippen molar-refractivity contribution in [3.8, 4) is 11.3 Å². The molecule has 0 atom stereocenters. The molecule has 4 heteroatoms. The largest absolute Gasteiger partial charge is 0.298 e. The summed E-state index contributed by atoms with van der Waals surface area (Å²) in [7, 11) is 0. The molecule has 0 amide bonds. The highest BCUT2D eigenvalue weighted by atomic mass is 79.9. The Bertz CT molecular complexity index is 502. The van der Waals surface area contributed by atoms with Gasteiger partial charge in [-0.3, -0.25) is 9.48 Å². The van der Waals surface area contributed by atoms with Crippen LogP contribution in [-0.4, -0.2) is 16.1 Å². The van der Waals surface area contributed by atoms with Crippen LogP contribution in [0.3, 0.4) is 0 Å². The van der Waals surface area contributed by atoms with Gasteiger partial charge < -0.3 is 0 Å². The molecule has 3 nitrogen and oxygen atoms in total. The lowest BCUT2D eigenvalue weighted by Crippen LogP contribution is -1.99. The first-order valence-corrected chi connectivity index (χ1v) is 5.82. The molecule has 1 aromatic heterocycles. The van der Waals surface area contributed by atoms with E-state index < -0.39 is 0 Å². The van der Waals surface area contributed by atoms with Crippen LogP contribution in [0.5, 0.6) is 0 Å². The van der Waals surface area contributed by atoms with E-state index in [0.29, 0.717) is 5.56 Å². The van der Waals surface area contributed by atoms with Crippen molar-refractivity contribution < 1.29 is 4.79 Å². The topological polar surface area (TPSA) is 34.9 Å². The standard InChI is InChI=1S/C12H11BrN2O/c1-2-15-12(10(8-16)7-14-15)9-3-5-11(13)6-4-9/h3-8H,2H2,1H3. The second-order valence-corrected chi connectivity index (χ2v) is 4.30. The van der Waals surface area contributed by atoms with Crippen molar-refractivity contribution in [1.29, 1.82) is 0 Å². The van der Waals surface area contributed by atoms with E-state index in [2.05, 4.69) is 21.0 Å². The van der Waals surface area contributed by atoms with Gasteiger partial charge in [-0.05, 0) is 19.1 Å². The van der Waals surface area contributed by atoms with Gasteiger partial charge in [0.1, 0.15) is 0 Å². The Morgan fingerprint density at radius 3 is 2.62 bits per heavy atom. The molecule has 0 aliphatic heterocycles. The Hall–Kier alpha value is -1.42. The second-order valence-electron chi connectivity index (χ2n) is 3.39. The molecule has 1 heterocycles. The number of benzene rings is 1. The lowest BCUT2D eigenvalue weighted by atomic mass is 10.1. The van der Waals surface area contributed by atoms with Crippen LogP contribution in [0.1, 0.15) is 17.3 Å². The third-order valence-electron chi connectivity index (χ3n) is 2.41. The zero-order valence-corrected chi connectivity index (χ0v) is 10.4. The minimum atomic E-state index is 0.629. The molecule has 82 valence electrons. The number of carbonyl (C=O) groups is 1. The van der Waals surface area contributed by atoms with Crippen LogP contribution < -0.4 is 0 Å². The number of halogens is 1. The average molecular weight is 279 g/mol. The van der Waals surface area contributed by atoms with E-state index in [4.69, 9.17) is 0 Å². The molecule has 0 aliphatic carbocycles. The lowest BCUT2D eigenvalue weighted by Gasteiger charge is -2.05. The Labute approximate surface area is 102 Å². The van der Waals surface area contributed by atoms with Crippen molar-refractivity contribution in [2.75, 3.05) is 0 Å². The van der Waals surface area contributed by atoms with Crippen LogP contribution in [-0.2, 0) is 6.54 Å². The summed E-state index contributed by atoms with van der Waals surface area (Å²) in [6.45, 7) is 2.75. The van der Waals surface area contributed by atoms with Crippen molar-refractivity contribution >= 4 is 22.2 Å². The third kappa shape index (κ3) is 1.93. The highest BCUT2D eigenvalue weighted by Gasteiger charge is 2.10. The van der Waals surface area contributed by atoms with E-state index in [9.17, 15) is 4.79 Å². The van der Waals surface area contributed by atoms with Gasteiger partial charge in [0.25, 0.3) is 0 Å². The maximum absolute atomic E-state index is 10.9. The monoisotopic (exact) mass is 278 g/mol. The Kier molecular flexibility index (Phi) is 3.19. The zero-order valence-electron chi connectivity index (χ0n) is 8.85. The summed E-state index contributed by atoms with van der Waals surface area (Å²) in [6, 6.07) is 7.86. The van der Waals surface area contributed by atoms with Gasteiger partial charge in [0.15, 0.2) is 6.29 Å². The molecule has 0 aliphatic rings. The smallest absolute Gasteiger partial charge is 0.153 e. The van der Waals surface area contributed by atoms with Crippen molar-refractivity contribution in [2.24, 2.45) is 0 Å². The maximum Gasteiger partial charge on any atom is 0.153 e. The predicted molar refractivity (Wildman–Crippen MR) is 66.4 cm³/mol. The lowest BCUT2D eigenvalue weighted by molar-refractivity contribution is 0.112. The van der Waals surface area contributed by atoms with E-state index in [1.165, 1.54) is 0 Å². The summed E-state index contributed by atoms with van der Waals surface area (Å²) < 4.78 is 2.85. The van der Waals surface area contributed by atoms with Crippen LogP contribution in [0, 0.1) is 0 Å². The Morgan fingerprint density at radius 2 is 2.06 bits per heavy atom. The molecule has 1 aromatic carbocycles. The van der Waals surface area contributed by atoms with Crippen LogP contribution in [0.15, 0.2) is 34.9 Å². The third-order valence-corrected chi connectivity index (χ3v) is 2.94. The molecule has 0 saturated heterocycles. The number of aldehydes is 1. The Morgan fingerprint density at radius 1 is 1.38 bits per heavy atom.